The van der Waals surface area contributed by atoms with Crippen LogP contribution >= 0.6 is 0 Å². The van der Waals surface area contributed by atoms with E-state index in [9.17, 15) is 9.59 Å². The van der Waals surface area contributed by atoms with E-state index in [0.29, 0.717) is 19.0 Å². The monoisotopic (exact) mass is 209 g/mol. The third-order valence-electron chi connectivity index (χ3n) is 3.54. The van der Waals surface area contributed by atoms with Crippen LogP contribution in [-0.2, 0) is 4.79 Å². The number of carbonyl (C=O) groups is 2. The number of urea groups is 1. The summed E-state index contributed by atoms with van der Waals surface area (Å²) >= 11 is 0. The van der Waals surface area contributed by atoms with Gasteiger partial charge in [0.05, 0.1) is 0 Å². The lowest BCUT2D eigenvalue weighted by Crippen LogP contribution is -2.48. The molecule has 3 amide bonds. The molecule has 2 heterocycles. The van der Waals surface area contributed by atoms with E-state index < -0.39 is 5.54 Å². The summed E-state index contributed by atoms with van der Waals surface area (Å²) < 4.78 is 0. The predicted octanol–water partition coefficient (Wildman–Crippen LogP) is -0.320. The first kappa shape index (κ1) is 9.15. The molecule has 1 spiro atoms. The van der Waals surface area contributed by atoms with E-state index in [2.05, 4.69) is 10.6 Å². The highest BCUT2D eigenvalue weighted by Gasteiger charge is 2.53. The summed E-state index contributed by atoms with van der Waals surface area (Å²) in [5.41, 5.74) is -0.619. The summed E-state index contributed by atoms with van der Waals surface area (Å²) in [5.74, 6) is 0.536. The van der Waals surface area contributed by atoms with Crippen LogP contribution in [0.2, 0.25) is 0 Å². The molecule has 0 radical (unpaired) electrons. The number of nitrogens with one attached hydrogen (secondary N) is 2. The highest BCUT2D eigenvalue weighted by Crippen LogP contribution is 2.32. The third kappa shape index (κ3) is 1.33. The highest BCUT2D eigenvalue weighted by molar-refractivity contribution is 6.07. The third-order valence-corrected chi connectivity index (χ3v) is 3.54. The molecule has 0 bridgehead atoms. The molecular formula is C10H15N3O2. The quantitative estimate of drug-likeness (QED) is 0.613. The van der Waals surface area contributed by atoms with Gasteiger partial charge in [0.15, 0.2) is 0 Å². The van der Waals surface area contributed by atoms with Gasteiger partial charge in [-0.05, 0) is 31.7 Å². The molecule has 5 nitrogen and oxygen atoms in total. The van der Waals surface area contributed by atoms with Crippen molar-refractivity contribution in [3.05, 3.63) is 0 Å². The van der Waals surface area contributed by atoms with Crippen LogP contribution in [0.3, 0.4) is 0 Å². The van der Waals surface area contributed by atoms with Crippen LogP contribution < -0.4 is 10.6 Å². The van der Waals surface area contributed by atoms with Gasteiger partial charge in [0.1, 0.15) is 5.54 Å². The largest absolute Gasteiger partial charge is 0.325 e. The van der Waals surface area contributed by atoms with Crippen molar-refractivity contribution in [2.24, 2.45) is 5.92 Å². The normalized spacial score (nSPS) is 35.3. The summed E-state index contributed by atoms with van der Waals surface area (Å²) in [4.78, 5) is 25.2. The Morgan fingerprint density at radius 3 is 2.80 bits per heavy atom. The molecule has 1 aliphatic carbocycles. The van der Waals surface area contributed by atoms with E-state index in [1.54, 1.807) is 0 Å². The van der Waals surface area contributed by atoms with Crippen molar-refractivity contribution < 1.29 is 9.59 Å². The molecule has 3 aliphatic rings. The lowest BCUT2D eigenvalue weighted by molar-refractivity contribution is -0.130. The standard InChI is InChI=1S/C10H15N3O2/c14-8-10(3-4-11-6-10)12-9(15)13(8)5-7-1-2-7/h7,11H,1-6H2,(H,12,15). The maximum absolute atomic E-state index is 12.1. The Labute approximate surface area is 88.2 Å². The number of rotatable bonds is 2. The van der Waals surface area contributed by atoms with Gasteiger partial charge >= 0.3 is 6.03 Å². The SMILES string of the molecule is O=C1NC2(CCNC2)C(=O)N1CC1CC1. The van der Waals surface area contributed by atoms with Crippen molar-refractivity contribution in [1.82, 2.24) is 15.5 Å². The number of hydrogen-bond acceptors (Lipinski definition) is 3. The Kier molecular flexibility index (Phi) is 1.80. The van der Waals surface area contributed by atoms with E-state index in [1.165, 1.54) is 4.90 Å². The molecule has 0 aromatic heterocycles. The van der Waals surface area contributed by atoms with Crippen LogP contribution in [0, 0.1) is 5.92 Å². The summed E-state index contributed by atoms with van der Waals surface area (Å²) in [6, 6.07) is -0.199. The molecule has 3 rings (SSSR count). The molecule has 1 unspecified atom stereocenters. The average molecular weight is 209 g/mol. The molecule has 0 aromatic rings. The molecular weight excluding hydrogens is 194 g/mol. The first-order valence-corrected chi connectivity index (χ1v) is 5.56. The topological polar surface area (TPSA) is 61.4 Å². The van der Waals surface area contributed by atoms with Gasteiger partial charge < -0.3 is 10.6 Å². The molecule has 1 atom stereocenters. The second kappa shape index (κ2) is 2.95. The number of nitrogens with zero attached hydrogens (tertiary/aromatic N) is 1. The minimum absolute atomic E-state index is 0.0237. The molecule has 2 N–H and O–H groups in total. The Hall–Kier alpha value is -1.10. The van der Waals surface area contributed by atoms with Crippen LogP contribution in [0.5, 0.6) is 0 Å². The van der Waals surface area contributed by atoms with Crippen LogP contribution in [0.25, 0.3) is 0 Å². The van der Waals surface area contributed by atoms with Gasteiger partial charge in [-0.3, -0.25) is 9.69 Å². The minimum Gasteiger partial charge on any atom is -0.322 e. The van der Waals surface area contributed by atoms with Crippen LogP contribution in [-0.4, -0.2) is 42.0 Å². The Balaban J connectivity index is 1.79. The van der Waals surface area contributed by atoms with E-state index in [4.69, 9.17) is 0 Å². The molecule has 15 heavy (non-hydrogen) atoms. The smallest absolute Gasteiger partial charge is 0.322 e. The molecule has 82 valence electrons. The Bertz CT molecular complexity index is 319. The van der Waals surface area contributed by atoms with Crippen LogP contribution in [0.1, 0.15) is 19.3 Å². The average Bonchev–Trinajstić information content (AvgIpc) is 2.87. The second-order valence-electron chi connectivity index (χ2n) is 4.80. The Morgan fingerprint density at radius 1 is 1.40 bits per heavy atom. The van der Waals surface area contributed by atoms with Gasteiger partial charge in [-0.15, -0.1) is 0 Å². The molecule has 3 fully saturated rings. The molecule has 2 saturated heterocycles. The van der Waals surface area contributed by atoms with Crippen molar-refractivity contribution in [3.63, 3.8) is 0 Å². The fourth-order valence-corrected chi connectivity index (χ4v) is 2.38. The van der Waals surface area contributed by atoms with Gasteiger partial charge in [0, 0.05) is 13.1 Å². The number of carbonyl (C=O) groups excluding carboxylic acids is 2. The zero-order valence-corrected chi connectivity index (χ0v) is 8.58. The zero-order valence-electron chi connectivity index (χ0n) is 8.58. The fourth-order valence-electron chi connectivity index (χ4n) is 2.38. The Morgan fingerprint density at radius 2 is 2.20 bits per heavy atom. The van der Waals surface area contributed by atoms with Crippen LogP contribution in [0.4, 0.5) is 4.79 Å². The van der Waals surface area contributed by atoms with Crippen molar-refractivity contribution in [1.29, 1.82) is 0 Å². The van der Waals surface area contributed by atoms with E-state index in [1.807, 2.05) is 0 Å². The van der Waals surface area contributed by atoms with Gasteiger partial charge in [0.25, 0.3) is 5.91 Å². The molecule has 5 heteroatoms. The van der Waals surface area contributed by atoms with Crippen molar-refractivity contribution in [3.8, 4) is 0 Å². The lowest BCUT2D eigenvalue weighted by Gasteiger charge is -2.19. The fraction of sp³-hybridized carbons (Fsp3) is 0.800. The number of hydrogen-bond donors (Lipinski definition) is 2. The van der Waals surface area contributed by atoms with E-state index >= 15 is 0 Å². The predicted molar refractivity (Wildman–Crippen MR) is 53.2 cm³/mol. The van der Waals surface area contributed by atoms with E-state index in [0.717, 1.165) is 25.8 Å². The van der Waals surface area contributed by atoms with Gasteiger partial charge in [-0.2, -0.15) is 0 Å². The van der Waals surface area contributed by atoms with Crippen molar-refractivity contribution in [2.75, 3.05) is 19.6 Å². The van der Waals surface area contributed by atoms with Crippen LogP contribution in [0.15, 0.2) is 0 Å². The number of imide groups is 1. The highest BCUT2D eigenvalue weighted by atomic mass is 16.2. The first-order chi connectivity index (χ1) is 7.21. The molecule has 2 aliphatic heterocycles. The van der Waals surface area contributed by atoms with Gasteiger partial charge in [0.2, 0.25) is 0 Å². The minimum atomic E-state index is -0.619. The summed E-state index contributed by atoms with van der Waals surface area (Å²) in [6.45, 7) is 2.01. The second-order valence-corrected chi connectivity index (χ2v) is 4.80. The maximum Gasteiger partial charge on any atom is 0.325 e. The van der Waals surface area contributed by atoms with Crippen molar-refractivity contribution >= 4 is 11.9 Å². The van der Waals surface area contributed by atoms with E-state index in [-0.39, 0.29) is 11.9 Å². The summed E-state index contributed by atoms with van der Waals surface area (Å²) in [6.07, 6.45) is 3.03. The first-order valence-electron chi connectivity index (χ1n) is 5.56. The summed E-state index contributed by atoms with van der Waals surface area (Å²) in [5, 5.41) is 5.97. The maximum atomic E-state index is 12.1. The number of amides is 3. The zero-order chi connectivity index (χ0) is 10.5. The van der Waals surface area contributed by atoms with Gasteiger partial charge in [-0.1, -0.05) is 0 Å². The summed E-state index contributed by atoms with van der Waals surface area (Å²) in [7, 11) is 0. The van der Waals surface area contributed by atoms with Gasteiger partial charge in [-0.25, -0.2) is 4.79 Å². The molecule has 1 saturated carbocycles. The van der Waals surface area contributed by atoms with Crippen molar-refractivity contribution in [2.45, 2.75) is 24.8 Å². The lowest BCUT2D eigenvalue weighted by atomic mass is 9.99. The molecule has 0 aromatic carbocycles.